The van der Waals surface area contributed by atoms with E-state index in [-0.39, 0.29) is 5.28 Å². The number of benzene rings is 1. The quantitative estimate of drug-likeness (QED) is 0.758. The maximum Gasteiger partial charge on any atom is 0.224 e. The zero-order valence-electron chi connectivity index (χ0n) is 6.76. The lowest BCUT2D eigenvalue weighted by Crippen LogP contribution is -1.95. The van der Waals surface area contributed by atoms with Crippen LogP contribution in [0.5, 0.6) is 0 Å². The zero-order chi connectivity index (χ0) is 10.3. The zero-order valence-corrected chi connectivity index (χ0v) is 9.86. The molecule has 2 aromatic rings. The van der Waals surface area contributed by atoms with Crippen LogP contribution in [0.4, 0.5) is 5.82 Å². The molecule has 2 N–H and O–H groups in total. The average molecular weight is 293 g/mol. The molecule has 1 heterocycles. The molecule has 6 heteroatoms. The molecule has 0 radical (unpaired) electrons. The number of hydrogen-bond acceptors (Lipinski definition) is 3. The molecule has 0 bridgehead atoms. The number of fused-ring (bicyclic) bond motifs is 1. The van der Waals surface area contributed by atoms with Gasteiger partial charge in [0.25, 0.3) is 0 Å². The predicted octanol–water partition coefficient (Wildman–Crippen LogP) is 3.28. The number of anilines is 1. The Hall–Kier alpha value is -0.580. The molecule has 3 nitrogen and oxygen atoms in total. The summed E-state index contributed by atoms with van der Waals surface area (Å²) in [6.45, 7) is 0. The maximum absolute atomic E-state index is 5.86. The fourth-order valence-corrected chi connectivity index (χ4v) is 2.23. The number of rotatable bonds is 0. The van der Waals surface area contributed by atoms with Crippen molar-refractivity contribution in [3.05, 3.63) is 26.9 Å². The lowest BCUT2D eigenvalue weighted by Gasteiger charge is -2.03. The van der Waals surface area contributed by atoms with E-state index < -0.39 is 0 Å². The summed E-state index contributed by atoms with van der Waals surface area (Å²) in [5.74, 6) is 0.322. The predicted molar refractivity (Wildman–Crippen MR) is 61.7 cm³/mol. The van der Waals surface area contributed by atoms with Crippen molar-refractivity contribution in [3.63, 3.8) is 0 Å². The highest BCUT2D eigenvalue weighted by molar-refractivity contribution is 9.10. The van der Waals surface area contributed by atoms with E-state index in [0.717, 1.165) is 4.47 Å². The van der Waals surface area contributed by atoms with Crippen molar-refractivity contribution in [2.45, 2.75) is 0 Å². The van der Waals surface area contributed by atoms with Crippen LogP contribution in [0.2, 0.25) is 10.3 Å². The van der Waals surface area contributed by atoms with E-state index in [4.69, 9.17) is 28.9 Å². The summed E-state index contributed by atoms with van der Waals surface area (Å²) in [4.78, 5) is 7.88. The number of nitrogen functional groups attached to an aromatic ring is 1. The third-order valence-electron chi connectivity index (χ3n) is 1.72. The van der Waals surface area contributed by atoms with Crippen molar-refractivity contribution in [1.29, 1.82) is 0 Å². The lowest BCUT2D eigenvalue weighted by atomic mass is 10.2. The second-order valence-corrected chi connectivity index (χ2v) is 4.29. The monoisotopic (exact) mass is 291 g/mol. The van der Waals surface area contributed by atoms with Crippen LogP contribution < -0.4 is 5.73 Å². The van der Waals surface area contributed by atoms with Crippen molar-refractivity contribution in [2.75, 3.05) is 5.73 Å². The lowest BCUT2D eigenvalue weighted by molar-refractivity contribution is 1.23. The van der Waals surface area contributed by atoms with Crippen LogP contribution in [0.15, 0.2) is 16.6 Å². The normalized spacial score (nSPS) is 10.8. The summed E-state index contributed by atoms with van der Waals surface area (Å²) in [7, 11) is 0. The van der Waals surface area contributed by atoms with Gasteiger partial charge in [-0.2, -0.15) is 0 Å². The minimum atomic E-state index is 0.123. The summed E-state index contributed by atoms with van der Waals surface area (Å²) in [5.41, 5.74) is 6.34. The third-order valence-corrected chi connectivity index (χ3v) is 2.71. The van der Waals surface area contributed by atoms with Crippen LogP contribution in [-0.2, 0) is 0 Å². The van der Waals surface area contributed by atoms with E-state index in [0.29, 0.717) is 21.7 Å². The number of hydrogen-bond donors (Lipinski definition) is 1. The molecule has 0 spiro atoms. The van der Waals surface area contributed by atoms with Crippen LogP contribution in [0, 0.1) is 0 Å². The Kier molecular flexibility index (Phi) is 2.51. The van der Waals surface area contributed by atoms with Crippen molar-refractivity contribution < 1.29 is 0 Å². The van der Waals surface area contributed by atoms with Gasteiger partial charge in [-0.15, -0.1) is 0 Å². The van der Waals surface area contributed by atoms with Gasteiger partial charge >= 0.3 is 0 Å². The Morgan fingerprint density at radius 3 is 2.64 bits per heavy atom. The molecule has 0 saturated carbocycles. The van der Waals surface area contributed by atoms with Gasteiger partial charge in [0.2, 0.25) is 5.28 Å². The largest absolute Gasteiger partial charge is 0.383 e. The molecule has 14 heavy (non-hydrogen) atoms. The highest BCUT2D eigenvalue weighted by atomic mass is 79.9. The SMILES string of the molecule is Nc1nc(Cl)nc2c(Br)cc(Cl)cc12. The summed E-state index contributed by atoms with van der Waals surface area (Å²) in [6.07, 6.45) is 0. The van der Waals surface area contributed by atoms with Gasteiger partial charge in [-0.3, -0.25) is 0 Å². The van der Waals surface area contributed by atoms with E-state index in [1.54, 1.807) is 12.1 Å². The van der Waals surface area contributed by atoms with Gasteiger partial charge in [0.05, 0.1) is 5.52 Å². The molecule has 0 aliphatic heterocycles. The fraction of sp³-hybridized carbons (Fsp3) is 0. The van der Waals surface area contributed by atoms with Gasteiger partial charge in [0, 0.05) is 14.9 Å². The summed E-state index contributed by atoms with van der Waals surface area (Å²) >= 11 is 14.9. The Balaban J connectivity index is 2.94. The number of nitrogens with two attached hydrogens (primary N) is 1. The average Bonchev–Trinajstić information content (AvgIpc) is 2.07. The molecular formula is C8H4BrCl2N3. The molecular weight excluding hydrogens is 289 g/mol. The van der Waals surface area contributed by atoms with Crippen LogP contribution >= 0.6 is 39.1 Å². The van der Waals surface area contributed by atoms with Crippen LogP contribution in [0.25, 0.3) is 10.9 Å². The summed E-state index contributed by atoms with van der Waals surface area (Å²) < 4.78 is 0.746. The topological polar surface area (TPSA) is 51.8 Å². The Morgan fingerprint density at radius 1 is 1.21 bits per heavy atom. The molecule has 0 atom stereocenters. The van der Waals surface area contributed by atoms with Gasteiger partial charge < -0.3 is 5.73 Å². The molecule has 2 rings (SSSR count). The first-order valence-electron chi connectivity index (χ1n) is 3.65. The van der Waals surface area contributed by atoms with Gasteiger partial charge in [0.1, 0.15) is 5.82 Å². The second-order valence-electron chi connectivity index (χ2n) is 2.66. The molecule has 0 aliphatic carbocycles. The summed E-state index contributed by atoms with van der Waals surface area (Å²) in [6, 6.07) is 3.43. The molecule has 0 unspecified atom stereocenters. The third kappa shape index (κ3) is 1.65. The highest BCUT2D eigenvalue weighted by Gasteiger charge is 2.08. The molecule has 72 valence electrons. The fourth-order valence-electron chi connectivity index (χ4n) is 1.15. The molecule has 0 aliphatic rings. The van der Waals surface area contributed by atoms with Gasteiger partial charge in [-0.1, -0.05) is 11.6 Å². The number of nitrogens with zero attached hydrogens (tertiary/aromatic N) is 2. The first-order chi connectivity index (χ1) is 6.58. The van der Waals surface area contributed by atoms with E-state index >= 15 is 0 Å². The van der Waals surface area contributed by atoms with Gasteiger partial charge in [0.15, 0.2) is 0 Å². The maximum atomic E-state index is 5.86. The van der Waals surface area contributed by atoms with Crippen molar-refractivity contribution in [2.24, 2.45) is 0 Å². The number of aromatic nitrogens is 2. The minimum Gasteiger partial charge on any atom is -0.383 e. The van der Waals surface area contributed by atoms with Crippen LogP contribution in [-0.4, -0.2) is 9.97 Å². The standard InChI is InChI=1S/C8H4BrCl2N3/c9-5-2-3(10)1-4-6(5)13-8(11)14-7(4)12/h1-2H,(H2,12,13,14). The van der Waals surface area contributed by atoms with E-state index in [9.17, 15) is 0 Å². The molecule has 1 aromatic heterocycles. The second kappa shape index (κ2) is 3.53. The van der Waals surface area contributed by atoms with Crippen LogP contribution in [0.3, 0.4) is 0 Å². The van der Waals surface area contributed by atoms with Crippen molar-refractivity contribution >= 4 is 55.9 Å². The Labute approximate surface area is 98.4 Å². The first-order valence-corrected chi connectivity index (χ1v) is 5.20. The Morgan fingerprint density at radius 2 is 1.93 bits per heavy atom. The van der Waals surface area contributed by atoms with E-state index in [2.05, 4.69) is 25.9 Å². The molecule has 0 amide bonds. The van der Waals surface area contributed by atoms with Crippen molar-refractivity contribution in [1.82, 2.24) is 9.97 Å². The van der Waals surface area contributed by atoms with Crippen molar-refractivity contribution in [3.8, 4) is 0 Å². The molecule has 1 aromatic carbocycles. The first kappa shape index (κ1) is 9.96. The number of halogens is 3. The van der Waals surface area contributed by atoms with Crippen LogP contribution in [0.1, 0.15) is 0 Å². The molecule has 0 saturated heterocycles. The summed E-state index contributed by atoms with van der Waals surface area (Å²) in [5, 5.41) is 1.38. The minimum absolute atomic E-state index is 0.123. The Bertz CT molecular complexity index is 468. The van der Waals surface area contributed by atoms with Gasteiger partial charge in [-0.05, 0) is 39.7 Å². The van der Waals surface area contributed by atoms with E-state index in [1.165, 1.54) is 0 Å². The molecule has 0 fully saturated rings. The smallest absolute Gasteiger partial charge is 0.224 e. The highest BCUT2D eigenvalue weighted by Crippen LogP contribution is 2.30. The van der Waals surface area contributed by atoms with E-state index in [1.807, 2.05) is 0 Å². The van der Waals surface area contributed by atoms with Gasteiger partial charge in [-0.25, -0.2) is 9.97 Å².